The second-order valence-corrected chi connectivity index (χ2v) is 7.60. The molecule has 0 saturated carbocycles. The summed E-state index contributed by atoms with van der Waals surface area (Å²) in [6.45, 7) is 4.70. The summed E-state index contributed by atoms with van der Waals surface area (Å²) in [6.07, 6.45) is 1.74. The standard InChI is InChI=1S/C19H21N5O2S/c1-12(2)17-22-18(26-23-17)16-7-4-8-24(16)19(25)21-14-6-3-5-13(9-14)15-10-27-11-20-15/h3,5-6,9-12,16H,4,7-8H2,1-2H3,(H,21,25). The lowest BCUT2D eigenvalue weighted by Gasteiger charge is -2.22. The van der Waals surface area contributed by atoms with Gasteiger partial charge in [-0.05, 0) is 25.0 Å². The van der Waals surface area contributed by atoms with Crippen LogP contribution in [0.25, 0.3) is 11.3 Å². The number of benzene rings is 1. The summed E-state index contributed by atoms with van der Waals surface area (Å²) < 4.78 is 5.42. The summed E-state index contributed by atoms with van der Waals surface area (Å²) in [5.74, 6) is 1.38. The second-order valence-electron chi connectivity index (χ2n) is 6.88. The normalized spacial score (nSPS) is 16.9. The summed E-state index contributed by atoms with van der Waals surface area (Å²) in [6, 6.07) is 7.38. The molecule has 1 N–H and O–H groups in total. The van der Waals surface area contributed by atoms with Crippen LogP contribution in [0.15, 0.2) is 39.7 Å². The molecule has 0 aliphatic carbocycles. The van der Waals surface area contributed by atoms with Crippen molar-refractivity contribution in [3.05, 3.63) is 46.9 Å². The fraction of sp³-hybridized carbons (Fsp3) is 0.368. The molecule has 1 aliphatic rings. The van der Waals surface area contributed by atoms with Crippen LogP contribution in [0.4, 0.5) is 10.5 Å². The third-order valence-electron chi connectivity index (χ3n) is 4.61. The first-order valence-corrected chi connectivity index (χ1v) is 9.96. The number of carbonyl (C=O) groups is 1. The fourth-order valence-electron chi connectivity index (χ4n) is 3.19. The van der Waals surface area contributed by atoms with E-state index in [1.165, 1.54) is 0 Å². The lowest BCUT2D eigenvalue weighted by Crippen LogP contribution is -2.34. The van der Waals surface area contributed by atoms with E-state index in [-0.39, 0.29) is 18.0 Å². The molecule has 2 amide bonds. The van der Waals surface area contributed by atoms with Gasteiger partial charge in [-0.2, -0.15) is 4.98 Å². The van der Waals surface area contributed by atoms with Crippen molar-refractivity contribution in [2.75, 3.05) is 11.9 Å². The van der Waals surface area contributed by atoms with Crippen LogP contribution in [0.5, 0.6) is 0 Å². The molecule has 1 fully saturated rings. The van der Waals surface area contributed by atoms with Crippen molar-refractivity contribution in [2.24, 2.45) is 0 Å². The zero-order chi connectivity index (χ0) is 18.8. The number of anilines is 1. The minimum absolute atomic E-state index is 0.155. The Morgan fingerprint density at radius 1 is 1.41 bits per heavy atom. The molecule has 3 heterocycles. The van der Waals surface area contributed by atoms with Crippen molar-refractivity contribution in [1.82, 2.24) is 20.0 Å². The molecule has 0 bridgehead atoms. The Balaban J connectivity index is 1.49. The Kier molecular flexibility index (Phi) is 4.89. The van der Waals surface area contributed by atoms with Crippen molar-refractivity contribution in [2.45, 2.75) is 38.6 Å². The number of hydrogen-bond donors (Lipinski definition) is 1. The third kappa shape index (κ3) is 3.71. The lowest BCUT2D eigenvalue weighted by molar-refractivity contribution is 0.193. The van der Waals surface area contributed by atoms with E-state index in [4.69, 9.17) is 4.52 Å². The van der Waals surface area contributed by atoms with Gasteiger partial charge >= 0.3 is 6.03 Å². The van der Waals surface area contributed by atoms with E-state index in [1.807, 2.05) is 43.5 Å². The first-order valence-electron chi connectivity index (χ1n) is 9.01. The van der Waals surface area contributed by atoms with Crippen LogP contribution >= 0.6 is 11.3 Å². The Bertz CT molecular complexity index is 922. The van der Waals surface area contributed by atoms with Crippen molar-refractivity contribution in [3.8, 4) is 11.3 Å². The van der Waals surface area contributed by atoms with Gasteiger partial charge in [-0.3, -0.25) is 0 Å². The molecule has 1 atom stereocenters. The number of carbonyl (C=O) groups excluding carboxylic acids is 1. The number of thiazole rings is 1. The number of likely N-dealkylation sites (tertiary alicyclic amines) is 1. The minimum atomic E-state index is -0.174. The molecule has 2 aromatic heterocycles. The van der Waals surface area contributed by atoms with Crippen LogP contribution in [0.2, 0.25) is 0 Å². The van der Waals surface area contributed by atoms with Gasteiger partial charge in [0.2, 0.25) is 5.89 Å². The number of amides is 2. The maximum absolute atomic E-state index is 12.8. The number of nitrogens with one attached hydrogen (secondary N) is 1. The van der Waals surface area contributed by atoms with E-state index < -0.39 is 0 Å². The minimum Gasteiger partial charge on any atom is -0.337 e. The molecule has 3 aromatic rings. The molecular formula is C19H21N5O2S. The van der Waals surface area contributed by atoms with Crippen LogP contribution in [0, 0.1) is 0 Å². The van der Waals surface area contributed by atoms with E-state index in [0.29, 0.717) is 18.3 Å². The van der Waals surface area contributed by atoms with E-state index in [0.717, 1.165) is 29.8 Å². The summed E-state index contributed by atoms with van der Waals surface area (Å²) in [4.78, 5) is 23.4. The smallest absolute Gasteiger partial charge is 0.322 e. The van der Waals surface area contributed by atoms with Gasteiger partial charge in [0.05, 0.1) is 11.2 Å². The number of aromatic nitrogens is 3. The van der Waals surface area contributed by atoms with E-state index in [9.17, 15) is 4.79 Å². The first-order chi connectivity index (χ1) is 13.1. The van der Waals surface area contributed by atoms with Crippen LogP contribution < -0.4 is 5.32 Å². The molecule has 8 heteroatoms. The van der Waals surface area contributed by atoms with Crippen molar-refractivity contribution >= 4 is 23.1 Å². The van der Waals surface area contributed by atoms with E-state index in [1.54, 1.807) is 21.7 Å². The van der Waals surface area contributed by atoms with E-state index >= 15 is 0 Å². The number of urea groups is 1. The SMILES string of the molecule is CC(C)c1noc(C2CCCN2C(=O)Nc2cccc(-c3cscn3)c2)n1. The highest BCUT2D eigenvalue weighted by atomic mass is 32.1. The maximum Gasteiger partial charge on any atom is 0.322 e. The van der Waals surface area contributed by atoms with Gasteiger partial charge in [-0.25, -0.2) is 9.78 Å². The number of hydrogen-bond acceptors (Lipinski definition) is 6. The summed E-state index contributed by atoms with van der Waals surface area (Å²) in [7, 11) is 0. The van der Waals surface area contributed by atoms with Crippen LogP contribution in [0.3, 0.4) is 0 Å². The molecule has 140 valence electrons. The first kappa shape index (κ1) is 17.7. The Morgan fingerprint density at radius 2 is 2.30 bits per heavy atom. The monoisotopic (exact) mass is 383 g/mol. The van der Waals surface area contributed by atoms with Crippen LogP contribution in [-0.2, 0) is 0 Å². The molecule has 0 radical (unpaired) electrons. The molecule has 1 aromatic carbocycles. The van der Waals surface area contributed by atoms with Gasteiger partial charge in [0.1, 0.15) is 6.04 Å². The average Bonchev–Trinajstić information content (AvgIpc) is 3.42. The molecule has 1 unspecified atom stereocenters. The highest BCUT2D eigenvalue weighted by molar-refractivity contribution is 7.07. The lowest BCUT2D eigenvalue weighted by atomic mass is 10.1. The van der Waals surface area contributed by atoms with Gasteiger partial charge in [0, 0.05) is 29.1 Å². The molecule has 0 spiro atoms. The quantitative estimate of drug-likeness (QED) is 0.707. The van der Waals surface area contributed by atoms with Crippen molar-refractivity contribution in [1.29, 1.82) is 0 Å². The highest BCUT2D eigenvalue weighted by Crippen LogP contribution is 2.32. The molecule has 1 saturated heterocycles. The topological polar surface area (TPSA) is 84.2 Å². The zero-order valence-corrected chi connectivity index (χ0v) is 16.1. The Labute approximate surface area is 161 Å². The Morgan fingerprint density at radius 3 is 3.04 bits per heavy atom. The predicted octanol–water partition coefficient (Wildman–Crippen LogP) is 4.69. The van der Waals surface area contributed by atoms with Crippen molar-refractivity contribution < 1.29 is 9.32 Å². The second kappa shape index (κ2) is 7.48. The molecule has 1 aliphatic heterocycles. The Hall–Kier alpha value is -2.74. The van der Waals surface area contributed by atoms with Gasteiger partial charge in [-0.15, -0.1) is 11.3 Å². The molecule has 4 rings (SSSR count). The fourth-order valence-corrected chi connectivity index (χ4v) is 3.75. The highest BCUT2D eigenvalue weighted by Gasteiger charge is 2.34. The molecular weight excluding hydrogens is 362 g/mol. The van der Waals surface area contributed by atoms with Gasteiger partial charge in [-0.1, -0.05) is 31.1 Å². The third-order valence-corrected chi connectivity index (χ3v) is 5.20. The van der Waals surface area contributed by atoms with Crippen LogP contribution in [0.1, 0.15) is 50.4 Å². The predicted molar refractivity (Wildman–Crippen MR) is 104 cm³/mol. The molecule has 7 nitrogen and oxygen atoms in total. The largest absolute Gasteiger partial charge is 0.337 e. The zero-order valence-electron chi connectivity index (χ0n) is 15.3. The van der Waals surface area contributed by atoms with Gasteiger partial charge in [0.15, 0.2) is 5.82 Å². The number of nitrogens with zero attached hydrogens (tertiary/aromatic N) is 4. The summed E-state index contributed by atoms with van der Waals surface area (Å²) in [5, 5.41) is 9.00. The van der Waals surface area contributed by atoms with Crippen LogP contribution in [-0.4, -0.2) is 32.6 Å². The van der Waals surface area contributed by atoms with Gasteiger partial charge < -0.3 is 14.7 Å². The van der Waals surface area contributed by atoms with E-state index in [2.05, 4.69) is 20.4 Å². The van der Waals surface area contributed by atoms with Gasteiger partial charge in [0.25, 0.3) is 0 Å². The number of rotatable bonds is 4. The average molecular weight is 383 g/mol. The van der Waals surface area contributed by atoms with Crippen molar-refractivity contribution in [3.63, 3.8) is 0 Å². The molecule has 27 heavy (non-hydrogen) atoms. The summed E-state index contributed by atoms with van der Waals surface area (Å²) >= 11 is 1.55. The maximum atomic E-state index is 12.8. The summed E-state index contributed by atoms with van der Waals surface area (Å²) in [5.41, 5.74) is 4.42.